The molecule has 0 aliphatic carbocycles. The maximum Gasteiger partial charge on any atom is 0.410 e. The molecule has 2 unspecified atom stereocenters. The van der Waals surface area contributed by atoms with Crippen molar-refractivity contribution in [3.63, 3.8) is 0 Å². The Bertz CT molecular complexity index is 786. The second kappa shape index (κ2) is 7.84. The van der Waals surface area contributed by atoms with Crippen LogP contribution < -0.4 is 15.4 Å². The fourth-order valence-corrected chi connectivity index (χ4v) is 5.24. The van der Waals surface area contributed by atoms with Crippen molar-refractivity contribution in [2.45, 2.75) is 70.7 Å². The number of nitrogen functional groups attached to an aromatic ring is 1. The predicted octanol–water partition coefficient (Wildman–Crippen LogP) is 3.25. The van der Waals surface area contributed by atoms with Crippen molar-refractivity contribution in [3.05, 3.63) is 17.7 Å². The molecule has 7 nitrogen and oxygen atoms in total. The average Bonchev–Trinajstić information content (AvgIpc) is 2.67. The Hall–Kier alpha value is -2.15. The van der Waals surface area contributed by atoms with E-state index in [2.05, 4.69) is 22.8 Å². The SMILES string of the molecule is COc1cc(N2CCC(N3CC4CC(C3)N4C(=O)OC(C)(C)C)CC2)c(C)cc1N. The minimum absolute atomic E-state index is 0.147. The lowest BCUT2D eigenvalue weighted by Gasteiger charge is -2.57. The summed E-state index contributed by atoms with van der Waals surface area (Å²) in [7, 11) is 1.67. The lowest BCUT2D eigenvalue weighted by Crippen LogP contribution is -2.72. The van der Waals surface area contributed by atoms with E-state index in [-0.39, 0.29) is 6.09 Å². The number of carbonyl (C=O) groups excluding carboxylic acids is 1. The van der Waals surface area contributed by atoms with Gasteiger partial charge in [0.15, 0.2) is 0 Å². The molecule has 4 saturated heterocycles. The van der Waals surface area contributed by atoms with Gasteiger partial charge < -0.3 is 20.1 Å². The summed E-state index contributed by atoms with van der Waals surface area (Å²) < 4.78 is 11.0. The molecule has 2 bridgehead atoms. The summed E-state index contributed by atoms with van der Waals surface area (Å²) in [4.78, 5) is 19.5. The van der Waals surface area contributed by atoms with Crippen LogP contribution in [-0.4, -0.2) is 72.9 Å². The Labute approximate surface area is 180 Å². The van der Waals surface area contributed by atoms with Crippen LogP contribution in [0.1, 0.15) is 45.6 Å². The van der Waals surface area contributed by atoms with E-state index < -0.39 is 5.60 Å². The Morgan fingerprint density at radius 2 is 1.73 bits per heavy atom. The van der Waals surface area contributed by atoms with E-state index in [1.807, 2.05) is 31.7 Å². The van der Waals surface area contributed by atoms with Gasteiger partial charge >= 0.3 is 6.09 Å². The van der Waals surface area contributed by atoms with Crippen molar-refractivity contribution in [1.82, 2.24) is 9.80 Å². The number of aryl methyl sites for hydroxylation is 1. The van der Waals surface area contributed by atoms with Crippen LogP contribution in [-0.2, 0) is 4.74 Å². The van der Waals surface area contributed by atoms with E-state index in [4.69, 9.17) is 15.2 Å². The van der Waals surface area contributed by atoms with Gasteiger partial charge in [-0.15, -0.1) is 0 Å². The summed E-state index contributed by atoms with van der Waals surface area (Å²) >= 11 is 0. The lowest BCUT2D eigenvalue weighted by molar-refractivity contribution is -0.0875. The number of rotatable bonds is 3. The molecule has 30 heavy (non-hydrogen) atoms. The molecule has 2 atom stereocenters. The zero-order valence-corrected chi connectivity index (χ0v) is 19.0. The first-order valence-corrected chi connectivity index (χ1v) is 11.1. The number of methoxy groups -OCH3 is 1. The third-order valence-corrected chi connectivity index (χ3v) is 6.70. The third-order valence-electron chi connectivity index (χ3n) is 6.70. The van der Waals surface area contributed by atoms with Crippen LogP contribution >= 0.6 is 0 Å². The van der Waals surface area contributed by atoms with Crippen molar-refractivity contribution >= 4 is 17.5 Å². The number of hydrogen-bond acceptors (Lipinski definition) is 6. The maximum atomic E-state index is 12.5. The summed E-state index contributed by atoms with van der Waals surface area (Å²) in [6, 6.07) is 5.27. The highest BCUT2D eigenvalue weighted by Gasteiger charge is 2.50. The first-order chi connectivity index (χ1) is 14.2. The van der Waals surface area contributed by atoms with Crippen molar-refractivity contribution in [2.24, 2.45) is 0 Å². The van der Waals surface area contributed by atoms with Gasteiger partial charge in [-0.25, -0.2) is 4.79 Å². The van der Waals surface area contributed by atoms with E-state index in [0.717, 1.165) is 51.2 Å². The number of ether oxygens (including phenoxy) is 2. The van der Waals surface area contributed by atoms with Crippen molar-refractivity contribution in [3.8, 4) is 5.75 Å². The molecule has 1 aromatic rings. The molecular formula is C23H36N4O3. The van der Waals surface area contributed by atoms with Crippen LogP contribution in [0.2, 0.25) is 0 Å². The first kappa shape index (κ1) is 21.1. The molecule has 7 heteroatoms. The molecule has 2 N–H and O–H groups in total. The number of piperazine rings is 1. The van der Waals surface area contributed by atoms with Gasteiger partial charge in [-0.1, -0.05) is 0 Å². The van der Waals surface area contributed by atoms with E-state index in [0.29, 0.717) is 23.8 Å². The van der Waals surface area contributed by atoms with Gasteiger partial charge in [0.25, 0.3) is 0 Å². The fourth-order valence-electron chi connectivity index (χ4n) is 5.24. The Morgan fingerprint density at radius 3 is 2.30 bits per heavy atom. The van der Waals surface area contributed by atoms with Gasteiger partial charge in [0.05, 0.1) is 24.9 Å². The van der Waals surface area contributed by atoms with Gasteiger partial charge in [0, 0.05) is 44.0 Å². The smallest absolute Gasteiger partial charge is 0.410 e. The molecule has 4 aliphatic heterocycles. The normalized spacial score (nSPS) is 25.1. The second-order valence-corrected chi connectivity index (χ2v) is 9.98. The van der Waals surface area contributed by atoms with Gasteiger partial charge in [-0.2, -0.15) is 0 Å². The number of amides is 1. The monoisotopic (exact) mass is 416 g/mol. The topological polar surface area (TPSA) is 71.3 Å². The van der Waals surface area contributed by atoms with E-state index in [1.165, 1.54) is 11.3 Å². The molecular weight excluding hydrogens is 380 g/mol. The summed E-state index contributed by atoms with van der Waals surface area (Å²) in [6.45, 7) is 11.9. The molecule has 0 radical (unpaired) electrons. The van der Waals surface area contributed by atoms with Gasteiger partial charge in [-0.3, -0.25) is 9.80 Å². The van der Waals surface area contributed by atoms with Gasteiger partial charge in [-0.05, 0) is 58.6 Å². The molecule has 4 fully saturated rings. The molecule has 4 aliphatic rings. The van der Waals surface area contributed by atoms with Gasteiger partial charge in [0.1, 0.15) is 11.4 Å². The quantitative estimate of drug-likeness (QED) is 0.763. The van der Waals surface area contributed by atoms with Crippen LogP contribution in [0, 0.1) is 6.92 Å². The third kappa shape index (κ3) is 4.04. The zero-order chi connectivity index (χ0) is 21.6. The van der Waals surface area contributed by atoms with Gasteiger partial charge in [0.2, 0.25) is 0 Å². The molecule has 166 valence electrons. The molecule has 4 heterocycles. The highest BCUT2D eigenvalue weighted by atomic mass is 16.6. The summed E-state index contributed by atoms with van der Waals surface area (Å²) in [6.07, 6.45) is 3.24. The highest BCUT2D eigenvalue weighted by molar-refractivity contribution is 5.70. The van der Waals surface area contributed by atoms with E-state index in [1.54, 1.807) is 7.11 Å². The average molecular weight is 417 g/mol. The number of hydrogen-bond donors (Lipinski definition) is 1. The Morgan fingerprint density at radius 1 is 1.10 bits per heavy atom. The summed E-state index contributed by atoms with van der Waals surface area (Å²) in [5, 5.41) is 0. The van der Waals surface area contributed by atoms with Crippen LogP contribution in [0.25, 0.3) is 0 Å². The number of fused-ring (bicyclic) bond motifs is 2. The zero-order valence-electron chi connectivity index (χ0n) is 19.0. The molecule has 0 saturated carbocycles. The van der Waals surface area contributed by atoms with Crippen LogP contribution in [0.5, 0.6) is 5.75 Å². The molecule has 5 rings (SSSR count). The van der Waals surface area contributed by atoms with Crippen LogP contribution in [0.15, 0.2) is 12.1 Å². The van der Waals surface area contributed by atoms with Crippen LogP contribution in [0.3, 0.4) is 0 Å². The molecule has 1 amide bonds. The number of anilines is 2. The molecule has 0 spiro atoms. The standard InChI is InChI=1S/C23H36N4O3/c1-15-10-19(24)21(29-5)12-20(15)25-8-6-16(7-9-25)26-13-17-11-18(14-26)27(17)22(28)30-23(2,3)4/h10,12,16-18H,6-9,11,13-14,24H2,1-5H3. The Balaban J connectivity index is 1.33. The lowest BCUT2D eigenvalue weighted by atomic mass is 9.86. The molecule has 1 aromatic carbocycles. The van der Waals surface area contributed by atoms with Crippen LogP contribution in [0.4, 0.5) is 16.2 Å². The van der Waals surface area contributed by atoms with E-state index >= 15 is 0 Å². The highest BCUT2D eigenvalue weighted by Crippen LogP contribution is 2.37. The van der Waals surface area contributed by atoms with E-state index in [9.17, 15) is 4.79 Å². The minimum atomic E-state index is -0.434. The number of benzene rings is 1. The number of nitrogens with zero attached hydrogens (tertiary/aromatic N) is 3. The predicted molar refractivity (Wildman–Crippen MR) is 119 cm³/mol. The Kier molecular flexibility index (Phi) is 5.51. The summed E-state index contributed by atoms with van der Waals surface area (Å²) in [5.74, 6) is 0.746. The number of nitrogens with two attached hydrogens (primary N) is 1. The summed E-state index contributed by atoms with van der Waals surface area (Å²) in [5.41, 5.74) is 8.72. The van der Waals surface area contributed by atoms with Crippen molar-refractivity contribution in [1.29, 1.82) is 0 Å². The molecule has 0 aromatic heterocycles. The number of carbonyl (C=O) groups is 1. The van der Waals surface area contributed by atoms with Crippen molar-refractivity contribution in [2.75, 3.05) is 43.9 Å². The largest absolute Gasteiger partial charge is 0.495 e. The minimum Gasteiger partial charge on any atom is -0.495 e. The maximum absolute atomic E-state index is 12.5. The van der Waals surface area contributed by atoms with Crippen molar-refractivity contribution < 1.29 is 14.3 Å². The fraction of sp³-hybridized carbons (Fsp3) is 0.696. The second-order valence-electron chi connectivity index (χ2n) is 9.98. The number of piperidine rings is 2. The first-order valence-electron chi connectivity index (χ1n) is 11.1.